The van der Waals surface area contributed by atoms with Crippen LogP contribution in [0.1, 0.15) is 10.4 Å². The van der Waals surface area contributed by atoms with Crippen molar-refractivity contribution in [3.05, 3.63) is 58.8 Å². The van der Waals surface area contributed by atoms with E-state index in [9.17, 15) is 9.90 Å². The van der Waals surface area contributed by atoms with Gasteiger partial charge in [0, 0.05) is 21.8 Å². The predicted octanol–water partition coefficient (Wildman–Crippen LogP) is 3.95. The van der Waals surface area contributed by atoms with E-state index in [2.05, 4.69) is 20.9 Å². The molecule has 0 unspecified atom stereocenters. The lowest BCUT2D eigenvalue weighted by Gasteiger charge is -2.08. The van der Waals surface area contributed by atoms with E-state index in [4.69, 9.17) is 0 Å². The van der Waals surface area contributed by atoms with Gasteiger partial charge in [-0.3, -0.25) is 4.40 Å². The van der Waals surface area contributed by atoms with E-state index < -0.39 is 5.97 Å². The summed E-state index contributed by atoms with van der Waals surface area (Å²) in [6, 6.07) is 10.9. The van der Waals surface area contributed by atoms with Gasteiger partial charge in [-0.2, -0.15) is 0 Å². The molecule has 0 aliphatic heterocycles. The molecular formula is C14H9BrN2O2S. The van der Waals surface area contributed by atoms with Crippen LogP contribution in [-0.4, -0.2) is 20.5 Å². The van der Waals surface area contributed by atoms with Crippen LogP contribution in [0.15, 0.2) is 63.2 Å². The number of aromatic nitrogens is 2. The highest BCUT2D eigenvalue weighted by molar-refractivity contribution is 9.10. The van der Waals surface area contributed by atoms with Crippen molar-refractivity contribution >= 4 is 39.3 Å². The number of fused-ring (bicyclic) bond motifs is 1. The zero-order valence-corrected chi connectivity index (χ0v) is 12.6. The first-order valence-electron chi connectivity index (χ1n) is 5.78. The van der Waals surface area contributed by atoms with Crippen molar-refractivity contribution in [2.24, 2.45) is 0 Å². The Kier molecular flexibility index (Phi) is 3.50. The molecule has 0 aliphatic rings. The number of pyridine rings is 1. The van der Waals surface area contributed by atoms with Crippen molar-refractivity contribution in [2.75, 3.05) is 0 Å². The number of aromatic carboxylic acids is 1. The molecule has 1 aromatic carbocycles. The van der Waals surface area contributed by atoms with E-state index in [0.29, 0.717) is 4.90 Å². The molecule has 100 valence electrons. The summed E-state index contributed by atoms with van der Waals surface area (Å²) in [6.45, 7) is 0. The predicted molar refractivity (Wildman–Crippen MR) is 80.4 cm³/mol. The maximum atomic E-state index is 11.3. The third-order valence-corrected chi connectivity index (χ3v) is 4.37. The normalized spacial score (nSPS) is 10.8. The van der Waals surface area contributed by atoms with Crippen LogP contribution in [0.5, 0.6) is 0 Å². The Morgan fingerprint density at radius 2 is 2.15 bits per heavy atom. The molecule has 0 amide bonds. The zero-order valence-electron chi connectivity index (χ0n) is 10.2. The molecular weight excluding hydrogens is 340 g/mol. The fourth-order valence-corrected chi connectivity index (χ4v) is 3.46. The van der Waals surface area contributed by atoms with Crippen molar-refractivity contribution in [1.82, 2.24) is 9.38 Å². The maximum absolute atomic E-state index is 11.3. The van der Waals surface area contributed by atoms with Gasteiger partial charge in [-0.1, -0.05) is 33.8 Å². The van der Waals surface area contributed by atoms with E-state index in [0.717, 1.165) is 15.1 Å². The van der Waals surface area contributed by atoms with E-state index >= 15 is 0 Å². The standard InChI is InChI=1S/C14H9BrN2O2S/c15-9-4-5-10(14(18)19)11(8-9)20-13-3-1-2-12-16-6-7-17(12)13/h1-8H,(H,18,19). The van der Waals surface area contributed by atoms with Gasteiger partial charge in [-0.25, -0.2) is 9.78 Å². The van der Waals surface area contributed by atoms with Crippen LogP contribution >= 0.6 is 27.7 Å². The number of hydrogen-bond donors (Lipinski definition) is 1. The van der Waals surface area contributed by atoms with Gasteiger partial charge in [0.15, 0.2) is 0 Å². The summed E-state index contributed by atoms with van der Waals surface area (Å²) < 4.78 is 2.78. The Morgan fingerprint density at radius 1 is 1.30 bits per heavy atom. The number of carboxylic acid groups (broad SMARTS) is 1. The number of carboxylic acids is 1. The van der Waals surface area contributed by atoms with Crippen LogP contribution in [0.3, 0.4) is 0 Å². The number of rotatable bonds is 3. The molecule has 0 atom stereocenters. The van der Waals surface area contributed by atoms with E-state index in [1.807, 2.05) is 34.9 Å². The van der Waals surface area contributed by atoms with Gasteiger partial charge in [-0.05, 0) is 30.3 Å². The van der Waals surface area contributed by atoms with Gasteiger partial charge in [0.2, 0.25) is 0 Å². The first-order chi connectivity index (χ1) is 9.65. The molecule has 0 saturated heterocycles. The maximum Gasteiger partial charge on any atom is 0.336 e. The van der Waals surface area contributed by atoms with Gasteiger partial charge < -0.3 is 5.11 Å². The van der Waals surface area contributed by atoms with Crippen LogP contribution < -0.4 is 0 Å². The minimum Gasteiger partial charge on any atom is -0.478 e. The Bertz CT molecular complexity index is 801. The summed E-state index contributed by atoms with van der Waals surface area (Å²) in [5, 5.41) is 10.2. The highest BCUT2D eigenvalue weighted by Crippen LogP contribution is 2.32. The van der Waals surface area contributed by atoms with E-state index in [-0.39, 0.29) is 5.56 Å². The summed E-state index contributed by atoms with van der Waals surface area (Å²) in [5.74, 6) is -0.933. The molecule has 20 heavy (non-hydrogen) atoms. The number of halogens is 1. The zero-order chi connectivity index (χ0) is 14.1. The minimum atomic E-state index is -0.933. The average molecular weight is 349 g/mol. The van der Waals surface area contributed by atoms with Gasteiger partial charge in [-0.15, -0.1) is 0 Å². The number of benzene rings is 1. The quantitative estimate of drug-likeness (QED) is 0.778. The van der Waals surface area contributed by atoms with Crippen molar-refractivity contribution in [1.29, 1.82) is 0 Å². The number of carbonyl (C=O) groups is 1. The summed E-state index contributed by atoms with van der Waals surface area (Å²) in [4.78, 5) is 16.2. The van der Waals surface area contributed by atoms with Crippen LogP contribution in [0.2, 0.25) is 0 Å². The summed E-state index contributed by atoms with van der Waals surface area (Å²) >= 11 is 4.78. The third-order valence-electron chi connectivity index (χ3n) is 2.78. The summed E-state index contributed by atoms with van der Waals surface area (Å²) in [5.41, 5.74) is 1.12. The second kappa shape index (κ2) is 5.30. The van der Waals surface area contributed by atoms with E-state index in [1.165, 1.54) is 11.8 Å². The van der Waals surface area contributed by atoms with Crippen LogP contribution in [0, 0.1) is 0 Å². The fourth-order valence-electron chi connectivity index (χ4n) is 1.87. The smallest absolute Gasteiger partial charge is 0.336 e. The summed E-state index contributed by atoms with van der Waals surface area (Å²) in [6.07, 6.45) is 3.58. The fraction of sp³-hybridized carbons (Fsp3) is 0. The number of imidazole rings is 1. The average Bonchev–Trinajstić information content (AvgIpc) is 2.88. The van der Waals surface area contributed by atoms with Crippen molar-refractivity contribution < 1.29 is 9.90 Å². The largest absolute Gasteiger partial charge is 0.478 e. The van der Waals surface area contributed by atoms with Crippen molar-refractivity contribution in [3.63, 3.8) is 0 Å². The monoisotopic (exact) mass is 348 g/mol. The third kappa shape index (κ3) is 2.44. The highest BCUT2D eigenvalue weighted by Gasteiger charge is 2.13. The first-order valence-corrected chi connectivity index (χ1v) is 7.39. The molecule has 2 heterocycles. The molecule has 3 aromatic rings. The van der Waals surface area contributed by atoms with Crippen molar-refractivity contribution in [3.8, 4) is 0 Å². The Morgan fingerprint density at radius 3 is 2.95 bits per heavy atom. The first kappa shape index (κ1) is 13.2. The SMILES string of the molecule is O=C(O)c1ccc(Br)cc1Sc1cccc2nccn12. The Balaban J connectivity index is 2.09. The molecule has 4 nitrogen and oxygen atoms in total. The van der Waals surface area contributed by atoms with Crippen molar-refractivity contribution in [2.45, 2.75) is 9.92 Å². The molecule has 0 spiro atoms. The Labute approximate surface area is 127 Å². The molecule has 2 aromatic heterocycles. The molecule has 6 heteroatoms. The molecule has 0 aliphatic carbocycles. The lowest BCUT2D eigenvalue weighted by atomic mass is 10.2. The van der Waals surface area contributed by atoms with Gasteiger partial charge in [0.05, 0.1) is 10.6 Å². The second-order valence-corrected chi connectivity index (χ2v) is 6.05. The highest BCUT2D eigenvalue weighted by atomic mass is 79.9. The molecule has 0 radical (unpaired) electrons. The van der Waals surface area contributed by atoms with Gasteiger partial charge in [0.1, 0.15) is 5.65 Å². The second-order valence-electron chi connectivity index (χ2n) is 4.07. The molecule has 0 fully saturated rings. The number of nitrogens with zero attached hydrogens (tertiary/aromatic N) is 2. The summed E-state index contributed by atoms with van der Waals surface area (Å²) in [7, 11) is 0. The topological polar surface area (TPSA) is 54.6 Å². The van der Waals surface area contributed by atoms with Crippen LogP contribution in [0.25, 0.3) is 5.65 Å². The molecule has 3 rings (SSSR count). The van der Waals surface area contributed by atoms with E-state index in [1.54, 1.807) is 18.3 Å². The lowest BCUT2D eigenvalue weighted by molar-refractivity contribution is 0.0693. The molecule has 1 N–H and O–H groups in total. The van der Waals surface area contributed by atoms with Gasteiger partial charge in [0.25, 0.3) is 0 Å². The number of hydrogen-bond acceptors (Lipinski definition) is 3. The van der Waals surface area contributed by atoms with Crippen LogP contribution in [-0.2, 0) is 0 Å². The molecule has 0 bridgehead atoms. The minimum absolute atomic E-state index is 0.287. The molecule has 0 saturated carbocycles. The Hall–Kier alpha value is -1.79. The van der Waals surface area contributed by atoms with Crippen LogP contribution in [0.4, 0.5) is 0 Å². The van der Waals surface area contributed by atoms with Gasteiger partial charge >= 0.3 is 5.97 Å². The lowest BCUT2D eigenvalue weighted by Crippen LogP contribution is -1.99.